The van der Waals surface area contributed by atoms with Gasteiger partial charge in [-0.05, 0) is 35.1 Å². The molecule has 0 aromatic heterocycles. The van der Waals surface area contributed by atoms with E-state index in [0.717, 1.165) is 0 Å². The number of rotatable bonds is 3. The average molecular weight is 303 g/mol. The van der Waals surface area contributed by atoms with Gasteiger partial charge in [0.2, 0.25) is 0 Å². The van der Waals surface area contributed by atoms with Crippen LogP contribution < -0.4 is 0 Å². The quantitative estimate of drug-likeness (QED) is 0.647. The summed E-state index contributed by atoms with van der Waals surface area (Å²) >= 11 is 3.81. The van der Waals surface area contributed by atoms with Gasteiger partial charge in [0, 0.05) is 0 Å². The molecule has 0 spiro atoms. The monoisotopic (exact) mass is 302 g/mol. The van der Waals surface area contributed by atoms with Gasteiger partial charge in [-0.1, -0.05) is 78.3 Å². The van der Waals surface area contributed by atoms with E-state index in [1.54, 1.807) is 0 Å². The fourth-order valence-electron chi connectivity index (χ4n) is 2.10. The van der Waals surface area contributed by atoms with E-state index in [9.17, 15) is 0 Å². The molecule has 0 heterocycles. The number of benzene rings is 2. The van der Waals surface area contributed by atoms with Crippen molar-refractivity contribution in [3.8, 4) is 0 Å². The molecule has 1 unspecified atom stereocenters. The van der Waals surface area contributed by atoms with Gasteiger partial charge in [0.1, 0.15) is 0 Å². The Hall–Kier alpha value is -1.08. The predicted molar refractivity (Wildman–Crippen MR) is 82.5 cm³/mol. The first-order valence-corrected chi connectivity index (χ1v) is 7.30. The Bertz CT molecular complexity index is 511. The second kappa shape index (κ2) is 5.71. The highest BCUT2D eigenvalue weighted by atomic mass is 79.9. The van der Waals surface area contributed by atoms with Crippen molar-refractivity contribution in [2.24, 2.45) is 0 Å². The van der Waals surface area contributed by atoms with Crippen LogP contribution in [0.2, 0.25) is 0 Å². The third-order valence-electron chi connectivity index (χ3n) is 3.36. The molecule has 0 N–H and O–H groups in total. The van der Waals surface area contributed by atoms with Crippen LogP contribution in [-0.4, -0.2) is 0 Å². The highest BCUT2D eigenvalue weighted by Crippen LogP contribution is 2.33. The Labute approximate surface area is 118 Å². The normalized spacial score (nSPS) is 12.7. The number of aryl methyl sites for hydroxylation is 1. The van der Waals surface area contributed by atoms with Crippen LogP contribution in [0.4, 0.5) is 0 Å². The van der Waals surface area contributed by atoms with Crippen molar-refractivity contribution in [2.45, 2.75) is 31.5 Å². The summed E-state index contributed by atoms with van der Waals surface area (Å²) in [6.45, 7) is 6.61. The summed E-state index contributed by atoms with van der Waals surface area (Å²) in [5.74, 6) is 0.589. The van der Waals surface area contributed by atoms with E-state index >= 15 is 0 Å². The highest BCUT2D eigenvalue weighted by Gasteiger charge is 2.12. The van der Waals surface area contributed by atoms with Crippen molar-refractivity contribution < 1.29 is 0 Å². The van der Waals surface area contributed by atoms with Crippen molar-refractivity contribution in [2.75, 3.05) is 0 Å². The Morgan fingerprint density at radius 1 is 0.833 bits per heavy atom. The largest absolute Gasteiger partial charge is 0.0786 e. The topological polar surface area (TPSA) is 0 Å². The van der Waals surface area contributed by atoms with Gasteiger partial charge in [0.05, 0.1) is 4.83 Å². The third kappa shape index (κ3) is 2.84. The molecule has 1 atom stereocenters. The van der Waals surface area contributed by atoms with Crippen LogP contribution in [0.25, 0.3) is 0 Å². The molecular formula is C17H19Br. The van der Waals surface area contributed by atoms with Crippen molar-refractivity contribution in [1.82, 2.24) is 0 Å². The first-order valence-electron chi connectivity index (χ1n) is 6.39. The highest BCUT2D eigenvalue weighted by molar-refractivity contribution is 9.09. The van der Waals surface area contributed by atoms with E-state index in [4.69, 9.17) is 0 Å². The summed E-state index contributed by atoms with van der Waals surface area (Å²) in [6.07, 6.45) is 0. The van der Waals surface area contributed by atoms with Gasteiger partial charge in [0.25, 0.3) is 0 Å². The van der Waals surface area contributed by atoms with Gasteiger partial charge in [-0.25, -0.2) is 0 Å². The molecule has 2 aromatic rings. The molecule has 0 fully saturated rings. The van der Waals surface area contributed by atoms with Crippen LogP contribution in [0.3, 0.4) is 0 Å². The molecule has 0 bridgehead atoms. The van der Waals surface area contributed by atoms with Gasteiger partial charge in [-0.2, -0.15) is 0 Å². The Balaban J connectivity index is 2.29. The standard InChI is InChI=1S/C17H19Br/c1-12(2)14-8-10-15(11-9-14)17(18)16-7-5-4-6-13(16)3/h4-12,17H,1-3H3. The molecule has 18 heavy (non-hydrogen) atoms. The van der Waals surface area contributed by atoms with Gasteiger partial charge in [-0.15, -0.1) is 0 Å². The van der Waals surface area contributed by atoms with E-state index in [-0.39, 0.29) is 4.83 Å². The maximum Gasteiger partial charge on any atom is 0.0647 e. The molecule has 0 amide bonds. The smallest absolute Gasteiger partial charge is 0.0647 e. The Morgan fingerprint density at radius 3 is 1.94 bits per heavy atom. The minimum absolute atomic E-state index is 0.278. The molecule has 0 saturated heterocycles. The molecule has 94 valence electrons. The van der Waals surface area contributed by atoms with E-state index in [2.05, 4.69) is 85.2 Å². The summed E-state index contributed by atoms with van der Waals surface area (Å²) in [4.78, 5) is 0.278. The second-order valence-corrected chi connectivity index (χ2v) is 5.96. The maximum absolute atomic E-state index is 3.81. The molecule has 2 rings (SSSR count). The van der Waals surface area contributed by atoms with Crippen LogP contribution in [0.1, 0.15) is 46.8 Å². The molecule has 0 aliphatic carbocycles. The molecule has 0 aliphatic heterocycles. The van der Waals surface area contributed by atoms with Gasteiger partial charge in [-0.3, -0.25) is 0 Å². The van der Waals surface area contributed by atoms with Crippen LogP contribution >= 0.6 is 15.9 Å². The van der Waals surface area contributed by atoms with Crippen molar-refractivity contribution >= 4 is 15.9 Å². The van der Waals surface area contributed by atoms with E-state index < -0.39 is 0 Å². The molecular weight excluding hydrogens is 284 g/mol. The molecule has 0 nitrogen and oxygen atoms in total. The van der Waals surface area contributed by atoms with Gasteiger partial charge < -0.3 is 0 Å². The lowest BCUT2D eigenvalue weighted by Crippen LogP contribution is -1.96. The van der Waals surface area contributed by atoms with Crippen LogP contribution in [0.15, 0.2) is 48.5 Å². The zero-order valence-corrected chi connectivity index (χ0v) is 12.7. The van der Waals surface area contributed by atoms with Gasteiger partial charge in [0.15, 0.2) is 0 Å². The fourth-order valence-corrected chi connectivity index (χ4v) is 2.92. The van der Waals surface area contributed by atoms with Gasteiger partial charge >= 0.3 is 0 Å². The Morgan fingerprint density at radius 2 is 1.39 bits per heavy atom. The molecule has 0 aliphatic rings. The lowest BCUT2D eigenvalue weighted by Gasteiger charge is -2.14. The van der Waals surface area contributed by atoms with Crippen molar-refractivity contribution in [3.63, 3.8) is 0 Å². The second-order valence-electron chi connectivity index (χ2n) is 5.04. The van der Waals surface area contributed by atoms with Crippen LogP contribution in [0.5, 0.6) is 0 Å². The average Bonchev–Trinajstić information content (AvgIpc) is 2.38. The van der Waals surface area contributed by atoms with E-state index in [1.807, 2.05) is 0 Å². The number of alkyl halides is 1. The summed E-state index contributed by atoms with van der Waals surface area (Å²) in [5, 5.41) is 0. The van der Waals surface area contributed by atoms with Crippen LogP contribution in [0, 0.1) is 6.92 Å². The van der Waals surface area contributed by atoms with Crippen molar-refractivity contribution in [1.29, 1.82) is 0 Å². The maximum atomic E-state index is 3.81. The number of halogens is 1. The van der Waals surface area contributed by atoms with E-state index in [1.165, 1.54) is 22.3 Å². The first kappa shape index (κ1) is 13.4. The SMILES string of the molecule is Cc1ccccc1C(Br)c1ccc(C(C)C)cc1. The molecule has 0 radical (unpaired) electrons. The Kier molecular flexibility index (Phi) is 4.23. The third-order valence-corrected chi connectivity index (χ3v) is 4.38. The minimum atomic E-state index is 0.278. The van der Waals surface area contributed by atoms with Crippen molar-refractivity contribution in [3.05, 3.63) is 70.8 Å². The number of hydrogen-bond acceptors (Lipinski definition) is 0. The first-order chi connectivity index (χ1) is 8.59. The zero-order valence-electron chi connectivity index (χ0n) is 11.2. The molecule has 1 heteroatoms. The van der Waals surface area contributed by atoms with E-state index in [0.29, 0.717) is 5.92 Å². The summed E-state index contributed by atoms with van der Waals surface area (Å²) < 4.78 is 0. The molecule has 0 saturated carbocycles. The summed E-state index contributed by atoms with van der Waals surface area (Å²) in [5.41, 5.74) is 5.37. The minimum Gasteiger partial charge on any atom is -0.0786 e. The summed E-state index contributed by atoms with van der Waals surface area (Å²) in [6, 6.07) is 17.4. The summed E-state index contributed by atoms with van der Waals surface area (Å²) in [7, 11) is 0. The van der Waals surface area contributed by atoms with Crippen LogP contribution in [-0.2, 0) is 0 Å². The zero-order chi connectivity index (χ0) is 13.1. The lowest BCUT2D eigenvalue weighted by atomic mass is 9.97. The fraction of sp³-hybridized carbons (Fsp3) is 0.294. The number of hydrogen-bond donors (Lipinski definition) is 0. The lowest BCUT2D eigenvalue weighted by molar-refractivity contribution is 0.865. The molecule has 2 aromatic carbocycles. The predicted octanol–water partition coefficient (Wildman–Crippen LogP) is 5.60.